The SMILES string of the molecule is CC(O)C(=O)O.O=C(O)C(O)C(O)C(O)C(O)CO.O=C(O)CC(O)(CC(=O)O)C(=O)O.O=C(O)O.[CaH2].[CaH2].[CaH2].[CaH2]. The third-order valence-electron chi connectivity index (χ3n) is 3.15. The van der Waals surface area contributed by atoms with Gasteiger partial charge in [0.2, 0.25) is 0 Å². The van der Waals surface area contributed by atoms with E-state index >= 15 is 0 Å². The first kappa shape index (κ1) is 60.6. The van der Waals surface area contributed by atoms with E-state index in [9.17, 15) is 24.0 Å². The van der Waals surface area contributed by atoms with Crippen molar-refractivity contribution in [1.82, 2.24) is 0 Å². The van der Waals surface area contributed by atoms with Crippen LogP contribution in [0.1, 0.15) is 19.8 Å². The number of aliphatic hydroxyl groups is 7. The molecule has 0 aromatic carbocycles. The van der Waals surface area contributed by atoms with Gasteiger partial charge in [-0.3, -0.25) is 9.59 Å². The van der Waals surface area contributed by atoms with Crippen molar-refractivity contribution >= 4 is 187 Å². The molecule has 0 radical (unpaired) electrons. The molecule has 0 fully saturated rings. The van der Waals surface area contributed by atoms with Crippen molar-refractivity contribution in [2.45, 2.75) is 55.9 Å². The summed E-state index contributed by atoms with van der Waals surface area (Å²) in [7, 11) is 0. The van der Waals surface area contributed by atoms with Crippen molar-refractivity contribution in [2.75, 3.05) is 6.61 Å². The monoisotopic (exact) mass is 708 g/mol. The molecule has 14 N–H and O–H groups in total. The Morgan fingerprint density at radius 1 is 0.625 bits per heavy atom. The van der Waals surface area contributed by atoms with Crippen LogP contribution in [-0.2, 0) is 24.0 Å². The Morgan fingerprint density at radius 2 is 0.900 bits per heavy atom. The van der Waals surface area contributed by atoms with E-state index in [0.29, 0.717) is 0 Å². The van der Waals surface area contributed by atoms with Gasteiger partial charge < -0.3 is 71.5 Å². The third kappa shape index (κ3) is 37.4. The second-order valence-electron chi connectivity index (χ2n) is 6.29. The number of hydrogen-bond acceptors (Lipinski definition) is 13. The zero-order valence-corrected chi connectivity index (χ0v) is 18.2. The van der Waals surface area contributed by atoms with Crippen LogP contribution < -0.4 is 0 Å². The molecule has 0 amide bonds. The van der Waals surface area contributed by atoms with E-state index in [1.165, 1.54) is 6.92 Å². The van der Waals surface area contributed by atoms with Crippen LogP contribution in [0.4, 0.5) is 4.79 Å². The van der Waals surface area contributed by atoms with Crippen LogP contribution >= 0.6 is 0 Å². The molecular weight excluding hydrogens is 672 g/mol. The number of carboxylic acid groups (broad SMARTS) is 7. The summed E-state index contributed by atoms with van der Waals surface area (Å²) >= 11 is 0. The summed E-state index contributed by atoms with van der Waals surface area (Å²) < 4.78 is 0. The van der Waals surface area contributed by atoms with E-state index in [1.807, 2.05) is 0 Å². The molecule has 0 rings (SSSR count). The predicted octanol–water partition coefficient (Wildman–Crippen LogP) is -8.73. The van der Waals surface area contributed by atoms with Gasteiger partial charge in [0, 0.05) is 0 Å². The maximum absolute atomic E-state index is 10.3. The second kappa shape index (κ2) is 33.3. The Labute approximate surface area is 344 Å². The number of aliphatic hydroxyl groups excluding tert-OH is 6. The average Bonchev–Trinajstić information content (AvgIpc) is 2.70. The van der Waals surface area contributed by atoms with Gasteiger partial charge >= 0.3 is 187 Å². The topological polar surface area (TPSA) is 386 Å². The van der Waals surface area contributed by atoms with Crippen LogP contribution in [0.3, 0.4) is 0 Å². The Kier molecular flexibility index (Phi) is 50.4. The van der Waals surface area contributed by atoms with Crippen LogP contribution in [0.5, 0.6) is 0 Å². The summed E-state index contributed by atoms with van der Waals surface area (Å²) in [6.07, 6.45) is -13.2. The molecule has 40 heavy (non-hydrogen) atoms. The summed E-state index contributed by atoms with van der Waals surface area (Å²) in [6, 6.07) is 0. The Hall–Kier alpha value is 1.38. The van der Waals surface area contributed by atoms with Crippen LogP contribution in [0, 0.1) is 0 Å². The average molecular weight is 709 g/mol. The van der Waals surface area contributed by atoms with Gasteiger partial charge in [-0.1, -0.05) is 0 Å². The molecule has 0 aromatic heterocycles. The van der Waals surface area contributed by atoms with Gasteiger partial charge in [0.1, 0.15) is 24.4 Å². The summed E-state index contributed by atoms with van der Waals surface area (Å²) in [5.41, 5.74) is -2.74. The zero-order chi connectivity index (χ0) is 30.0. The minimum atomic E-state index is -2.74. The fourth-order valence-corrected chi connectivity index (χ4v) is 1.38. The van der Waals surface area contributed by atoms with E-state index in [4.69, 9.17) is 76.3 Å². The van der Waals surface area contributed by atoms with Gasteiger partial charge in [0.15, 0.2) is 11.7 Å². The molecule has 24 heteroatoms. The Balaban J connectivity index is -0.0000000597. The quantitative estimate of drug-likeness (QED) is 0.0886. The van der Waals surface area contributed by atoms with Crippen LogP contribution in [0.15, 0.2) is 0 Å². The molecule has 0 aliphatic rings. The first-order chi connectivity index (χ1) is 16.1. The number of rotatable bonds is 11. The van der Waals surface area contributed by atoms with E-state index in [1.54, 1.807) is 0 Å². The van der Waals surface area contributed by atoms with Gasteiger partial charge in [-0.05, 0) is 6.92 Å². The fraction of sp³-hybridized carbons (Fsp3) is 0.625. The molecule has 0 saturated carbocycles. The van der Waals surface area contributed by atoms with Crippen molar-refractivity contribution in [3.8, 4) is 0 Å². The second-order valence-corrected chi connectivity index (χ2v) is 6.29. The van der Waals surface area contributed by atoms with E-state index in [-0.39, 0.29) is 151 Å². The predicted molar refractivity (Wildman–Crippen MR) is 140 cm³/mol. The van der Waals surface area contributed by atoms with Gasteiger partial charge in [-0.2, -0.15) is 0 Å². The van der Waals surface area contributed by atoms with E-state index in [2.05, 4.69) is 0 Å². The Bertz CT molecular complexity index is 715. The normalized spacial score (nSPS) is 12.8. The summed E-state index contributed by atoms with van der Waals surface area (Å²) in [5, 5.41) is 115. The summed E-state index contributed by atoms with van der Waals surface area (Å²) in [5.74, 6) is -7.93. The van der Waals surface area contributed by atoms with Gasteiger partial charge in [0.05, 0.1) is 19.4 Å². The molecule has 20 nitrogen and oxygen atoms in total. The minimum absolute atomic E-state index is 0. The molecule has 0 bridgehead atoms. The summed E-state index contributed by atoms with van der Waals surface area (Å²) in [4.78, 5) is 58.6. The molecule has 5 unspecified atom stereocenters. The van der Waals surface area contributed by atoms with Gasteiger partial charge in [-0.25, -0.2) is 19.2 Å². The molecular formula is C16H36Ca4O20. The van der Waals surface area contributed by atoms with Crippen LogP contribution in [0.2, 0.25) is 0 Å². The van der Waals surface area contributed by atoms with E-state index < -0.39 is 91.6 Å². The van der Waals surface area contributed by atoms with Gasteiger partial charge in [-0.15, -0.1) is 0 Å². The molecule has 228 valence electrons. The molecule has 0 aliphatic carbocycles. The van der Waals surface area contributed by atoms with Crippen molar-refractivity contribution < 1.29 is 100 Å². The maximum atomic E-state index is 10.3. The zero-order valence-electron chi connectivity index (χ0n) is 18.2. The van der Waals surface area contributed by atoms with E-state index in [0.717, 1.165) is 0 Å². The Morgan fingerprint density at radius 3 is 1.05 bits per heavy atom. The molecule has 5 atom stereocenters. The number of carbonyl (C=O) groups is 6. The molecule has 0 aromatic rings. The van der Waals surface area contributed by atoms with Crippen molar-refractivity contribution in [3.63, 3.8) is 0 Å². The van der Waals surface area contributed by atoms with Crippen LogP contribution in [0.25, 0.3) is 0 Å². The molecule has 0 spiro atoms. The fourth-order valence-electron chi connectivity index (χ4n) is 1.38. The van der Waals surface area contributed by atoms with Crippen molar-refractivity contribution in [3.05, 3.63) is 0 Å². The van der Waals surface area contributed by atoms with Crippen LogP contribution in [-0.4, -0.2) is 301 Å². The summed E-state index contributed by atoms with van der Waals surface area (Å²) in [6.45, 7) is 0.354. The van der Waals surface area contributed by atoms with Crippen molar-refractivity contribution in [1.29, 1.82) is 0 Å². The standard InChI is InChI=1S/C6H8O7.C6H12O7.C3H6O3.CH2O3.4Ca.8H/c7-3(8)1-6(13,5(11)12)2-4(9)10;7-1-2(8)3(9)4(10)5(11)6(12)13;1-2(4)3(5)6;2-1(3)4;;;;;;;;;;;;/h13H,1-2H2,(H,7,8)(H,9,10)(H,11,12);2-5,7-11H,1H2,(H,12,13);2,4H,1H3,(H,5,6);(H2,2,3,4);;;;;;;;;;;;. The number of aliphatic carboxylic acids is 5. The molecule has 0 saturated heterocycles. The first-order valence-electron chi connectivity index (χ1n) is 8.85. The van der Waals surface area contributed by atoms with Crippen molar-refractivity contribution in [2.24, 2.45) is 0 Å². The third-order valence-corrected chi connectivity index (χ3v) is 3.15. The molecule has 0 heterocycles. The number of hydrogen-bond donors (Lipinski definition) is 14. The van der Waals surface area contributed by atoms with Gasteiger partial charge in [0.25, 0.3) is 0 Å². The molecule has 0 aliphatic heterocycles. The first-order valence-corrected chi connectivity index (χ1v) is 8.85. The number of carboxylic acids is 5.